The number of Topliss-reactive ketones (excluding diaryl/α,β-unsaturated/α-hetero) is 1. The second kappa shape index (κ2) is 4.74. The molecule has 0 aromatic carbocycles. The molecule has 0 saturated carbocycles. The summed E-state index contributed by atoms with van der Waals surface area (Å²) < 4.78 is 4.96. The van der Waals surface area contributed by atoms with Crippen LogP contribution in [0.3, 0.4) is 0 Å². The lowest BCUT2D eigenvalue weighted by molar-refractivity contribution is -0.140. The number of ketones is 1. The highest BCUT2D eigenvalue weighted by Gasteiger charge is 2.33. The molecule has 5 nitrogen and oxygen atoms in total. The van der Waals surface area contributed by atoms with E-state index in [1.165, 1.54) is 0 Å². The third kappa shape index (κ3) is 2.88. The summed E-state index contributed by atoms with van der Waals surface area (Å²) in [6.45, 7) is 5.36. The van der Waals surface area contributed by atoms with E-state index in [4.69, 9.17) is 4.74 Å². The molecule has 1 saturated heterocycles. The molecule has 0 aromatic heterocycles. The van der Waals surface area contributed by atoms with Crippen molar-refractivity contribution in [3.63, 3.8) is 0 Å². The van der Waals surface area contributed by atoms with Gasteiger partial charge in [-0.1, -0.05) is 20.8 Å². The number of amides is 2. The first-order valence-electron chi connectivity index (χ1n) is 5.35. The van der Waals surface area contributed by atoms with Crippen LogP contribution in [0.2, 0.25) is 0 Å². The van der Waals surface area contributed by atoms with Gasteiger partial charge in [0.05, 0.1) is 0 Å². The third-order valence-electron chi connectivity index (χ3n) is 2.89. The lowest BCUT2D eigenvalue weighted by atomic mass is 9.89. The fourth-order valence-corrected chi connectivity index (χ4v) is 1.21. The molecule has 1 aliphatic heterocycles. The van der Waals surface area contributed by atoms with Gasteiger partial charge in [0.1, 0.15) is 12.7 Å². The summed E-state index contributed by atoms with van der Waals surface area (Å²) in [6.07, 6.45) is -0.105. The van der Waals surface area contributed by atoms with Gasteiger partial charge in [-0.15, -0.1) is 0 Å². The zero-order chi connectivity index (χ0) is 12.3. The number of imide groups is 1. The van der Waals surface area contributed by atoms with Crippen LogP contribution in [0.4, 0.5) is 0 Å². The summed E-state index contributed by atoms with van der Waals surface area (Å²) in [4.78, 5) is 34.1. The van der Waals surface area contributed by atoms with Crippen molar-refractivity contribution in [3.8, 4) is 0 Å². The zero-order valence-electron chi connectivity index (χ0n) is 9.83. The molecule has 2 amide bonds. The molecule has 1 aliphatic rings. The van der Waals surface area contributed by atoms with Crippen molar-refractivity contribution >= 4 is 17.6 Å². The molecule has 1 atom stereocenters. The van der Waals surface area contributed by atoms with Gasteiger partial charge in [0.15, 0.2) is 5.78 Å². The van der Waals surface area contributed by atoms with E-state index in [1.807, 2.05) is 6.92 Å². The lowest BCUT2D eigenvalue weighted by Crippen LogP contribution is -2.44. The predicted octanol–water partition coefficient (Wildman–Crippen LogP) is 0.423. The molecular weight excluding hydrogens is 210 g/mol. The summed E-state index contributed by atoms with van der Waals surface area (Å²) in [5.41, 5.74) is -0.585. The molecule has 0 radical (unpaired) electrons. The van der Waals surface area contributed by atoms with Crippen LogP contribution in [0.15, 0.2) is 0 Å². The Kier molecular flexibility index (Phi) is 3.80. The predicted molar refractivity (Wildman–Crippen MR) is 56.6 cm³/mol. The van der Waals surface area contributed by atoms with E-state index in [2.05, 4.69) is 5.32 Å². The van der Waals surface area contributed by atoms with Crippen LogP contribution in [0, 0.1) is 5.41 Å². The monoisotopic (exact) mass is 227 g/mol. The van der Waals surface area contributed by atoms with Crippen LogP contribution in [0.5, 0.6) is 0 Å². The summed E-state index contributed by atoms with van der Waals surface area (Å²) in [5.74, 6) is -0.956. The molecule has 1 fully saturated rings. The van der Waals surface area contributed by atoms with E-state index < -0.39 is 17.4 Å². The SMILES string of the molecule is CCC(C)(C)C(=O)NC(=O)C1CC(=O)CO1. The fourth-order valence-electron chi connectivity index (χ4n) is 1.21. The van der Waals surface area contributed by atoms with Gasteiger partial charge >= 0.3 is 0 Å². The van der Waals surface area contributed by atoms with Crippen molar-refractivity contribution in [2.45, 2.75) is 39.7 Å². The Morgan fingerprint density at radius 3 is 2.56 bits per heavy atom. The maximum Gasteiger partial charge on any atom is 0.256 e. The average Bonchev–Trinajstić information content (AvgIpc) is 2.64. The van der Waals surface area contributed by atoms with Gasteiger partial charge in [0.25, 0.3) is 5.91 Å². The van der Waals surface area contributed by atoms with Crippen molar-refractivity contribution < 1.29 is 19.1 Å². The van der Waals surface area contributed by atoms with Crippen LogP contribution < -0.4 is 5.32 Å². The molecule has 0 bridgehead atoms. The zero-order valence-corrected chi connectivity index (χ0v) is 9.83. The Labute approximate surface area is 94.5 Å². The van der Waals surface area contributed by atoms with Crippen LogP contribution in [0.1, 0.15) is 33.6 Å². The van der Waals surface area contributed by atoms with Crippen molar-refractivity contribution in [1.29, 1.82) is 0 Å². The maximum atomic E-state index is 11.7. The molecule has 0 spiro atoms. The van der Waals surface area contributed by atoms with Crippen LogP contribution in [0.25, 0.3) is 0 Å². The van der Waals surface area contributed by atoms with E-state index in [9.17, 15) is 14.4 Å². The number of hydrogen-bond acceptors (Lipinski definition) is 4. The van der Waals surface area contributed by atoms with Gasteiger partial charge in [0, 0.05) is 11.8 Å². The minimum atomic E-state index is -0.802. The van der Waals surface area contributed by atoms with E-state index in [1.54, 1.807) is 13.8 Å². The van der Waals surface area contributed by atoms with Gasteiger partial charge in [-0.25, -0.2) is 0 Å². The molecule has 16 heavy (non-hydrogen) atoms. The number of rotatable bonds is 3. The Hall–Kier alpha value is -1.23. The molecule has 0 aromatic rings. The van der Waals surface area contributed by atoms with Crippen molar-refractivity contribution in [3.05, 3.63) is 0 Å². The van der Waals surface area contributed by atoms with Crippen molar-refractivity contribution in [2.75, 3.05) is 6.61 Å². The molecule has 1 N–H and O–H groups in total. The fraction of sp³-hybridized carbons (Fsp3) is 0.727. The number of ether oxygens (including phenoxy) is 1. The summed E-state index contributed by atoms with van der Waals surface area (Å²) in [6, 6.07) is 0. The summed E-state index contributed by atoms with van der Waals surface area (Å²) >= 11 is 0. The first-order valence-corrected chi connectivity index (χ1v) is 5.35. The van der Waals surface area contributed by atoms with E-state index in [-0.39, 0.29) is 24.7 Å². The highest BCUT2D eigenvalue weighted by atomic mass is 16.5. The summed E-state index contributed by atoms with van der Waals surface area (Å²) in [5, 5.41) is 2.28. The highest BCUT2D eigenvalue weighted by Crippen LogP contribution is 2.19. The van der Waals surface area contributed by atoms with E-state index in [0.29, 0.717) is 6.42 Å². The number of nitrogens with one attached hydrogen (secondary N) is 1. The Bertz CT molecular complexity index is 322. The first-order chi connectivity index (χ1) is 7.36. The third-order valence-corrected chi connectivity index (χ3v) is 2.89. The Morgan fingerprint density at radius 1 is 1.50 bits per heavy atom. The topological polar surface area (TPSA) is 72.5 Å². The summed E-state index contributed by atoms with van der Waals surface area (Å²) in [7, 11) is 0. The lowest BCUT2D eigenvalue weighted by Gasteiger charge is -2.21. The number of carbonyl (C=O) groups excluding carboxylic acids is 3. The minimum absolute atomic E-state index is 0.0382. The van der Waals surface area contributed by atoms with Crippen LogP contribution >= 0.6 is 0 Å². The molecule has 90 valence electrons. The van der Waals surface area contributed by atoms with Crippen LogP contribution in [-0.2, 0) is 19.1 Å². The second-order valence-corrected chi connectivity index (χ2v) is 4.60. The molecule has 1 rings (SSSR count). The molecule has 5 heteroatoms. The minimum Gasteiger partial charge on any atom is -0.360 e. The number of carbonyl (C=O) groups is 3. The van der Waals surface area contributed by atoms with E-state index in [0.717, 1.165) is 0 Å². The van der Waals surface area contributed by atoms with Gasteiger partial charge in [-0.2, -0.15) is 0 Å². The molecule has 0 aliphatic carbocycles. The molecule has 1 unspecified atom stereocenters. The van der Waals surface area contributed by atoms with E-state index >= 15 is 0 Å². The van der Waals surface area contributed by atoms with Gasteiger partial charge < -0.3 is 4.74 Å². The molecular formula is C11H17NO4. The molecule has 1 heterocycles. The quantitative estimate of drug-likeness (QED) is 0.758. The first kappa shape index (κ1) is 12.8. The van der Waals surface area contributed by atoms with Crippen molar-refractivity contribution in [2.24, 2.45) is 5.41 Å². The highest BCUT2D eigenvalue weighted by molar-refractivity contribution is 6.01. The van der Waals surface area contributed by atoms with Crippen LogP contribution in [-0.4, -0.2) is 30.3 Å². The Balaban J connectivity index is 2.52. The number of hydrogen-bond donors (Lipinski definition) is 1. The second-order valence-electron chi connectivity index (χ2n) is 4.60. The largest absolute Gasteiger partial charge is 0.360 e. The standard InChI is InChI=1S/C11H17NO4/c1-4-11(2,3)10(15)12-9(14)8-5-7(13)6-16-8/h8H,4-6H2,1-3H3,(H,12,14,15). The normalized spacial score (nSPS) is 20.9. The smallest absolute Gasteiger partial charge is 0.256 e. The van der Waals surface area contributed by atoms with Crippen molar-refractivity contribution in [1.82, 2.24) is 5.32 Å². The van der Waals surface area contributed by atoms with Gasteiger partial charge in [-0.3, -0.25) is 19.7 Å². The van der Waals surface area contributed by atoms with Gasteiger partial charge in [0.2, 0.25) is 5.91 Å². The van der Waals surface area contributed by atoms with Gasteiger partial charge in [-0.05, 0) is 6.42 Å². The maximum absolute atomic E-state index is 11.7. The Morgan fingerprint density at radius 2 is 2.12 bits per heavy atom. The average molecular weight is 227 g/mol.